The minimum absolute atomic E-state index is 0.0559. The molecule has 8 heteroatoms. The normalized spacial score (nSPS) is 10.7. The SMILES string of the molecule is O=C(O)c1ccc(-n2c(-c3cc(F)ccc3F)n[nH]c2=S)cc1. The predicted octanol–water partition coefficient (Wildman–Crippen LogP) is 3.57. The molecule has 3 rings (SSSR count). The quantitative estimate of drug-likeness (QED) is 0.719. The van der Waals surface area contributed by atoms with Crippen LogP contribution in [-0.2, 0) is 0 Å². The van der Waals surface area contributed by atoms with Crippen LogP contribution in [0.25, 0.3) is 17.1 Å². The summed E-state index contributed by atoms with van der Waals surface area (Å²) in [6, 6.07) is 8.82. The molecular formula is C15H9F2N3O2S. The molecule has 2 aromatic carbocycles. The molecule has 0 saturated heterocycles. The third-order valence-corrected chi connectivity index (χ3v) is 3.49. The second-order valence-corrected chi connectivity index (χ2v) is 5.05. The summed E-state index contributed by atoms with van der Waals surface area (Å²) in [5.74, 6) is -2.23. The standard InChI is InChI=1S/C15H9F2N3O2S/c16-9-3-6-12(17)11(7-9)13-18-19-15(23)20(13)10-4-1-8(2-5-10)14(21)22/h1-7H,(H,19,23)(H,21,22). The van der Waals surface area contributed by atoms with Crippen molar-refractivity contribution < 1.29 is 18.7 Å². The van der Waals surface area contributed by atoms with Gasteiger partial charge in [-0.05, 0) is 54.7 Å². The highest BCUT2D eigenvalue weighted by Gasteiger charge is 2.16. The first kappa shape index (κ1) is 15.0. The fourth-order valence-corrected chi connectivity index (χ4v) is 2.38. The Labute approximate surface area is 133 Å². The van der Waals surface area contributed by atoms with Gasteiger partial charge in [0, 0.05) is 0 Å². The second-order valence-electron chi connectivity index (χ2n) is 4.66. The summed E-state index contributed by atoms with van der Waals surface area (Å²) >= 11 is 5.13. The van der Waals surface area contributed by atoms with Gasteiger partial charge in [0.15, 0.2) is 10.6 Å². The van der Waals surface area contributed by atoms with Crippen LogP contribution < -0.4 is 0 Å². The monoisotopic (exact) mass is 333 g/mol. The number of carboxylic acids is 1. The first-order valence-corrected chi connectivity index (χ1v) is 6.85. The molecule has 1 aromatic heterocycles. The lowest BCUT2D eigenvalue weighted by atomic mass is 10.1. The van der Waals surface area contributed by atoms with Crippen LogP contribution in [-0.4, -0.2) is 25.8 Å². The van der Waals surface area contributed by atoms with E-state index in [9.17, 15) is 13.6 Å². The molecule has 0 fully saturated rings. The molecule has 0 aliphatic carbocycles. The summed E-state index contributed by atoms with van der Waals surface area (Å²) in [6.45, 7) is 0. The Balaban J connectivity index is 2.18. The number of aromatic amines is 1. The average Bonchev–Trinajstić information content (AvgIpc) is 2.91. The second kappa shape index (κ2) is 5.73. The van der Waals surface area contributed by atoms with Crippen LogP contribution >= 0.6 is 12.2 Å². The van der Waals surface area contributed by atoms with Crippen molar-refractivity contribution in [3.05, 3.63) is 64.4 Å². The smallest absolute Gasteiger partial charge is 0.335 e. The van der Waals surface area contributed by atoms with Gasteiger partial charge >= 0.3 is 5.97 Å². The Hall–Kier alpha value is -2.87. The number of aromatic carboxylic acids is 1. The number of hydrogen-bond donors (Lipinski definition) is 2. The highest BCUT2D eigenvalue weighted by Crippen LogP contribution is 2.25. The fourth-order valence-electron chi connectivity index (χ4n) is 2.14. The van der Waals surface area contributed by atoms with Crippen LogP contribution in [0.2, 0.25) is 0 Å². The van der Waals surface area contributed by atoms with Gasteiger partial charge in [0.2, 0.25) is 0 Å². The van der Waals surface area contributed by atoms with Crippen molar-refractivity contribution in [3.8, 4) is 17.1 Å². The summed E-state index contributed by atoms with van der Waals surface area (Å²) in [5.41, 5.74) is 0.523. The highest BCUT2D eigenvalue weighted by molar-refractivity contribution is 7.71. The summed E-state index contributed by atoms with van der Waals surface area (Å²) < 4.78 is 29.0. The maximum absolute atomic E-state index is 14.0. The van der Waals surface area contributed by atoms with Crippen molar-refractivity contribution in [1.82, 2.24) is 14.8 Å². The van der Waals surface area contributed by atoms with Crippen LogP contribution in [0.15, 0.2) is 42.5 Å². The van der Waals surface area contributed by atoms with E-state index in [1.54, 1.807) is 0 Å². The molecule has 0 atom stereocenters. The van der Waals surface area contributed by atoms with E-state index in [4.69, 9.17) is 17.3 Å². The van der Waals surface area contributed by atoms with Gasteiger partial charge in [-0.15, -0.1) is 0 Å². The molecule has 0 amide bonds. The zero-order valence-electron chi connectivity index (χ0n) is 11.5. The topological polar surface area (TPSA) is 70.9 Å². The summed E-state index contributed by atoms with van der Waals surface area (Å²) in [5, 5.41) is 15.4. The van der Waals surface area contributed by atoms with Gasteiger partial charge in [-0.3, -0.25) is 9.67 Å². The minimum Gasteiger partial charge on any atom is -0.478 e. The molecule has 0 aliphatic heterocycles. The van der Waals surface area contributed by atoms with Crippen molar-refractivity contribution in [3.63, 3.8) is 0 Å². The number of nitrogens with zero attached hydrogens (tertiary/aromatic N) is 2. The van der Waals surface area contributed by atoms with E-state index in [1.165, 1.54) is 28.8 Å². The Bertz CT molecular complexity index is 948. The molecule has 0 saturated carbocycles. The average molecular weight is 333 g/mol. The zero-order valence-corrected chi connectivity index (χ0v) is 12.3. The number of rotatable bonds is 3. The van der Waals surface area contributed by atoms with Crippen LogP contribution in [0, 0.1) is 16.4 Å². The number of halogens is 2. The number of H-pyrrole nitrogens is 1. The molecular weight excluding hydrogens is 324 g/mol. The number of nitrogens with one attached hydrogen (secondary N) is 1. The molecule has 116 valence electrons. The van der Waals surface area contributed by atoms with E-state index in [0.717, 1.165) is 18.2 Å². The van der Waals surface area contributed by atoms with E-state index in [-0.39, 0.29) is 21.7 Å². The number of hydrogen-bond acceptors (Lipinski definition) is 3. The lowest BCUT2D eigenvalue weighted by molar-refractivity contribution is 0.0697. The third kappa shape index (κ3) is 2.76. The van der Waals surface area contributed by atoms with Crippen LogP contribution in [0.1, 0.15) is 10.4 Å². The molecule has 0 radical (unpaired) electrons. The third-order valence-electron chi connectivity index (χ3n) is 3.21. The molecule has 23 heavy (non-hydrogen) atoms. The maximum Gasteiger partial charge on any atom is 0.335 e. The Morgan fingerprint density at radius 3 is 2.52 bits per heavy atom. The number of aromatic nitrogens is 3. The van der Waals surface area contributed by atoms with Crippen molar-refractivity contribution in [2.45, 2.75) is 0 Å². The number of carbonyl (C=O) groups is 1. The fraction of sp³-hybridized carbons (Fsp3) is 0. The van der Waals surface area contributed by atoms with Crippen LogP contribution in [0.3, 0.4) is 0 Å². The Morgan fingerprint density at radius 2 is 1.87 bits per heavy atom. The van der Waals surface area contributed by atoms with E-state index < -0.39 is 17.6 Å². The molecule has 2 N–H and O–H groups in total. The molecule has 0 bridgehead atoms. The number of benzene rings is 2. The van der Waals surface area contributed by atoms with Gasteiger partial charge < -0.3 is 5.11 Å². The highest BCUT2D eigenvalue weighted by atomic mass is 32.1. The summed E-state index contributed by atoms with van der Waals surface area (Å²) in [4.78, 5) is 10.9. The Kier molecular flexibility index (Phi) is 3.75. The lowest BCUT2D eigenvalue weighted by Crippen LogP contribution is -2.01. The molecule has 5 nitrogen and oxygen atoms in total. The summed E-state index contributed by atoms with van der Waals surface area (Å²) in [6.07, 6.45) is 0. The Morgan fingerprint density at radius 1 is 1.17 bits per heavy atom. The summed E-state index contributed by atoms with van der Waals surface area (Å²) in [7, 11) is 0. The van der Waals surface area contributed by atoms with Crippen molar-refractivity contribution >= 4 is 18.2 Å². The minimum atomic E-state index is -1.07. The molecule has 0 aliphatic rings. The first-order valence-electron chi connectivity index (χ1n) is 6.44. The van der Waals surface area contributed by atoms with Gasteiger partial charge in [-0.2, -0.15) is 5.10 Å². The number of carboxylic acid groups (broad SMARTS) is 1. The van der Waals surface area contributed by atoms with Crippen LogP contribution in [0.4, 0.5) is 8.78 Å². The van der Waals surface area contributed by atoms with Crippen LogP contribution in [0.5, 0.6) is 0 Å². The lowest BCUT2D eigenvalue weighted by Gasteiger charge is -2.08. The zero-order chi connectivity index (χ0) is 16.6. The largest absolute Gasteiger partial charge is 0.478 e. The van der Waals surface area contributed by atoms with Gasteiger partial charge in [-0.1, -0.05) is 0 Å². The molecule has 0 unspecified atom stereocenters. The van der Waals surface area contributed by atoms with E-state index in [1.807, 2.05) is 0 Å². The molecule has 3 aromatic rings. The predicted molar refractivity (Wildman–Crippen MR) is 81.1 cm³/mol. The van der Waals surface area contributed by atoms with Crippen molar-refractivity contribution in [2.75, 3.05) is 0 Å². The van der Waals surface area contributed by atoms with Gasteiger partial charge in [-0.25, -0.2) is 13.6 Å². The van der Waals surface area contributed by atoms with E-state index >= 15 is 0 Å². The van der Waals surface area contributed by atoms with Gasteiger partial charge in [0.1, 0.15) is 11.6 Å². The van der Waals surface area contributed by atoms with E-state index in [0.29, 0.717) is 5.69 Å². The molecule has 0 spiro atoms. The van der Waals surface area contributed by atoms with Crippen molar-refractivity contribution in [1.29, 1.82) is 0 Å². The van der Waals surface area contributed by atoms with Gasteiger partial charge in [0.05, 0.1) is 16.8 Å². The maximum atomic E-state index is 14.0. The first-order chi connectivity index (χ1) is 11.0. The van der Waals surface area contributed by atoms with Crippen molar-refractivity contribution in [2.24, 2.45) is 0 Å². The van der Waals surface area contributed by atoms with E-state index in [2.05, 4.69) is 10.2 Å². The molecule has 1 heterocycles. The van der Waals surface area contributed by atoms with Gasteiger partial charge in [0.25, 0.3) is 0 Å².